The maximum absolute atomic E-state index is 12.1. The number of benzene rings is 1. The highest BCUT2D eigenvalue weighted by atomic mass is 35.5. The van der Waals surface area contributed by atoms with Gasteiger partial charge >= 0.3 is 0 Å². The van der Waals surface area contributed by atoms with Crippen molar-refractivity contribution in [1.29, 1.82) is 0 Å². The molecule has 2 saturated heterocycles. The minimum atomic E-state index is -0.364. The Hall–Kier alpha value is -0.850. The number of hydrogen-bond acceptors (Lipinski definition) is 4. The third kappa shape index (κ3) is 7.05. The summed E-state index contributed by atoms with van der Waals surface area (Å²) in [5.41, 5.74) is 2.47. The smallest absolute Gasteiger partial charge is 0.250 e. The average molecular weight is 404 g/mol. The summed E-state index contributed by atoms with van der Waals surface area (Å²) in [5.74, 6) is 0.830. The van der Waals surface area contributed by atoms with Crippen LogP contribution in [0.4, 0.5) is 0 Å². The molecule has 3 rings (SSSR count). The molecule has 1 atom stereocenters. The first-order chi connectivity index (χ1) is 11.7. The van der Waals surface area contributed by atoms with E-state index in [0.717, 1.165) is 24.6 Å². The Morgan fingerprint density at radius 3 is 2.69 bits per heavy atom. The van der Waals surface area contributed by atoms with E-state index in [4.69, 9.17) is 4.74 Å². The molecule has 5 nitrogen and oxygen atoms in total. The van der Waals surface area contributed by atoms with Gasteiger partial charge in [0, 0.05) is 26.2 Å². The van der Waals surface area contributed by atoms with Gasteiger partial charge in [-0.15, -0.1) is 24.8 Å². The molecule has 0 radical (unpaired) electrons. The highest BCUT2D eigenvalue weighted by Crippen LogP contribution is 2.18. The van der Waals surface area contributed by atoms with Crippen LogP contribution in [-0.2, 0) is 22.6 Å². The lowest BCUT2D eigenvalue weighted by molar-refractivity contribution is -0.134. The van der Waals surface area contributed by atoms with Gasteiger partial charge in [-0.25, -0.2) is 0 Å². The lowest BCUT2D eigenvalue weighted by atomic mass is 9.98. The molecule has 1 amide bonds. The number of nitrogens with one attached hydrogen (secondary N) is 2. The largest absolute Gasteiger partial charge is 0.366 e. The van der Waals surface area contributed by atoms with Crippen LogP contribution in [0.25, 0.3) is 0 Å². The summed E-state index contributed by atoms with van der Waals surface area (Å²) in [6.45, 7) is 8.30. The van der Waals surface area contributed by atoms with Crippen LogP contribution in [0.2, 0.25) is 0 Å². The fourth-order valence-corrected chi connectivity index (χ4v) is 3.35. The van der Waals surface area contributed by atoms with Crippen molar-refractivity contribution < 1.29 is 9.53 Å². The summed E-state index contributed by atoms with van der Waals surface area (Å²) in [6, 6.07) is 8.54. The normalized spacial score (nSPS) is 21.3. The van der Waals surface area contributed by atoms with Crippen LogP contribution >= 0.6 is 24.8 Å². The Morgan fingerprint density at radius 2 is 2.00 bits per heavy atom. The van der Waals surface area contributed by atoms with Gasteiger partial charge in [-0.1, -0.05) is 31.2 Å². The maximum Gasteiger partial charge on any atom is 0.250 e. The molecular weight excluding hydrogens is 373 g/mol. The van der Waals surface area contributed by atoms with Crippen LogP contribution in [0.1, 0.15) is 30.9 Å². The minimum Gasteiger partial charge on any atom is -0.366 e. The second-order valence-corrected chi connectivity index (χ2v) is 7.06. The van der Waals surface area contributed by atoms with Gasteiger partial charge in [0.15, 0.2) is 0 Å². The maximum atomic E-state index is 12.1. The number of halogens is 2. The summed E-state index contributed by atoms with van der Waals surface area (Å²) in [6.07, 6.45) is 2.23. The molecule has 7 heteroatoms. The van der Waals surface area contributed by atoms with E-state index in [1.54, 1.807) is 0 Å². The van der Waals surface area contributed by atoms with Crippen molar-refractivity contribution in [3.8, 4) is 0 Å². The Balaban J connectivity index is 0.00000169. The average Bonchev–Trinajstić information content (AvgIpc) is 2.63. The van der Waals surface area contributed by atoms with Crippen molar-refractivity contribution in [3.63, 3.8) is 0 Å². The molecule has 148 valence electrons. The molecule has 2 aliphatic rings. The van der Waals surface area contributed by atoms with E-state index in [1.165, 1.54) is 31.5 Å². The topological polar surface area (TPSA) is 53.6 Å². The summed E-state index contributed by atoms with van der Waals surface area (Å²) >= 11 is 0. The van der Waals surface area contributed by atoms with Gasteiger partial charge in [-0.3, -0.25) is 9.69 Å². The Labute approximate surface area is 169 Å². The number of likely N-dealkylation sites (tertiary alicyclic amines) is 1. The summed E-state index contributed by atoms with van der Waals surface area (Å²) in [7, 11) is 0. The molecule has 0 spiro atoms. The zero-order valence-electron chi connectivity index (χ0n) is 15.4. The Bertz CT molecular complexity index is 545. The van der Waals surface area contributed by atoms with Crippen LogP contribution in [-0.4, -0.2) is 49.7 Å². The monoisotopic (exact) mass is 403 g/mol. The van der Waals surface area contributed by atoms with E-state index in [1.807, 2.05) is 0 Å². The molecule has 2 fully saturated rings. The van der Waals surface area contributed by atoms with E-state index in [0.29, 0.717) is 19.7 Å². The van der Waals surface area contributed by atoms with Crippen molar-refractivity contribution in [3.05, 3.63) is 35.4 Å². The first-order valence-corrected chi connectivity index (χ1v) is 9.11. The molecule has 26 heavy (non-hydrogen) atoms. The Morgan fingerprint density at radius 1 is 1.27 bits per heavy atom. The molecule has 0 aliphatic carbocycles. The van der Waals surface area contributed by atoms with Crippen LogP contribution in [0.15, 0.2) is 24.3 Å². The molecule has 1 unspecified atom stereocenters. The summed E-state index contributed by atoms with van der Waals surface area (Å²) in [4.78, 5) is 14.6. The quantitative estimate of drug-likeness (QED) is 0.791. The number of ether oxygens (including phenoxy) is 1. The predicted molar refractivity (Wildman–Crippen MR) is 109 cm³/mol. The number of hydrogen-bond donors (Lipinski definition) is 2. The molecule has 0 aromatic heterocycles. The van der Waals surface area contributed by atoms with Gasteiger partial charge in [-0.05, 0) is 43.0 Å². The van der Waals surface area contributed by atoms with Gasteiger partial charge in [-0.2, -0.15) is 0 Å². The summed E-state index contributed by atoms with van der Waals surface area (Å²) in [5, 5.41) is 6.17. The van der Waals surface area contributed by atoms with Gasteiger partial charge < -0.3 is 15.4 Å². The predicted octanol–water partition coefficient (Wildman–Crippen LogP) is 2.37. The zero-order chi connectivity index (χ0) is 16.8. The number of amides is 1. The highest BCUT2D eigenvalue weighted by molar-refractivity contribution is 5.85. The molecule has 2 N–H and O–H groups in total. The molecule has 2 heterocycles. The van der Waals surface area contributed by atoms with Crippen molar-refractivity contribution in [2.45, 2.75) is 39.0 Å². The van der Waals surface area contributed by atoms with Crippen molar-refractivity contribution in [2.24, 2.45) is 5.92 Å². The van der Waals surface area contributed by atoms with Crippen LogP contribution in [0.3, 0.4) is 0 Å². The lowest BCUT2D eigenvalue weighted by Gasteiger charge is -2.30. The van der Waals surface area contributed by atoms with Crippen molar-refractivity contribution in [1.82, 2.24) is 15.5 Å². The molecule has 0 saturated carbocycles. The lowest BCUT2D eigenvalue weighted by Crippen LogP contribution is -2.47. The fraction of sp³-hybridized carbons (Fsp3) is 0.632. The van der Waals surface area contributed by atoms with Crippen molar-refractivity contribution in [2.75, 3.05) is 32.8 Å². The van der Waals surface area contributed by atoms with E-state index >= 15 is 0 Å². The van der Waals surface area contributed by atoms with E-state index in [9.17, 15) is 4.79 Å². The first-order valence-electron chi connectivity index (χ1n) is 9.11. The fourth-order valence-electron chi connectivity index (χ4n) is 3.35. The van der Waals surface area contributed by atoms with Gasteiger partial charge in [0.25, 0.3) is 5.91 Å². The second-order valence-electron chi connectivity index (χ2n) is 7.06. The second kappa shape index (κ2) is 11.8. The standard InChI is InChI=1S/C19H29N3O2.2ClH/c1-15-5-8-22(9-6-15)14-17-4-2-3-16(11-17)12-21-19(23)18-13-20-7-10-24-18;;/h2-4,11,15,18,20H,5-10,12-14H2,1H3,(H,21,23);2*1H. The van der Waals surface area contributed by atoms with E-state index in [-0.39, 0.29) is 36.8 Å². The third-order valence-electron chi connectivity index (χ3n) is 4.96. The molecule has 1 aromatic rings. The SMILES string of the molecule is CC1CCN(Cc2cccc(CNC(=O)C3CNCCO3)c2)CC1.Cl.Cl. The first kappa shape index (κ1) is 23.2. The van der Waals surface area contributed by atoms with Gasteiger partial charge in [0.05, 0.1) is 6.61 Å². The highest BCUT2D eigenvalue weighted by Gasteiger charge is 2.21. The molecular formula is C19H31Cl2N3O2. The zero-order valence-corrected chi connectivity index (χ0v) is 17.0. The molecule has 2 aliphatic heterocycles. The van der Waals surface area contributed by atoms with Gasteiger partial charge in [0.1, 0.15) is 6.10 Å². The van der Waals surface area contributed by atoms with Crippen molar-refractivity contribution >= 4 is 30.7 Å². The summed E-state index contributed by atoms with van der Waals surface area (Å²) < 4.78 is 5.48. The van der Waals surface area contributed by atoms with Crippen LogP contribution in [0, 0.1) is 5.92 Å². The number of piperidine rings is 1. The number of nitrogens with zero attached hydrogens (tertiary/aromatic N) is 1. The molecule has 1 aromatic carbocycles. The number of carbonyl (C=O) groups excluding carboxylic acids is 1. The Kier molecular flexibility index (Phi) is 10.5. The van der Waals surface area contributed by atoms with Crippen LogP contribution < -0.4 is 10.6 Å². The molecule has 0 bridgehead atoms. The number of rotatable bonds is 5. The minimum absolute atomic E-state index is 0. The number of carbonyl (C=O) groups is 1. The number of morpholine rings is 1. The van der Waals surface area contributed by atoms with Gasteiger partial charge in [0.2, 0.25) is 0 Å². The third-order valence-corrected chi connectivity index (χ3v) is 4.96. The van der Waals surface area contributed by atoms with Crippen LogP contribution in [0.5, 0.6) is 0 Å². The van der Waals surface area contributed by atoms with E-state index < -0.39 is 0 Å². The van der Waals surface area contributed by atoms with E-state index in [2.05, 4.69) is 46.7 Å².